The third-order valence-electron chi connectivity index (χ3n) is 2.75. The van der Waals surface area contributed by atoms with Gasteiger partial charge in [0.1, 0.15) is 0 Å². The molecule has 0 bridgehead atoms. The predicted octanol–water partition coefficient (Wildman–Crippen LogP) is 3.38. The van der Waals surface area contributed by atoms with E-state index < -0.39 is 5.97 Å². The highest BCUT2D eigenvalue weighted by Gasteiger charge is 2.21. The molecule has 0 aromatic carbocycles. The van der Waals surface area contributed by atoms with Crippen molar-refractivity contribution < 1.29 is 9.90 Å². The number of fused-ring (bicyclic) bond motifs is 1. The van der Waals surface area contributed by atoms with Gasteiger partial charge in [-0.15, -0.1) is 22.7 Å². The third-order valence-corrected chi connectivity index (χ3v) is 4.46. The van der Waals surface area contributed by atoms with Crippen LogP contribution in [-0.4, -0.2) is 20.5 Å². The first kappa shape index (κ1) is 11.4. The number of carboxylic acid groups (broad SMARTS) is 1. The molecule has 0 saturated heterocycles. The van der Waals surface area contributed by atoms with Crippen molar-refractivity contribution >= 4 is 33.6 Å². The van der Waals surface area contributed by atoms with Gasteiger partial charge in [0, 0.05) is 5.38 Å². The Bertz CT molecular complexity index is 710. The van der Waals surface area contributed by atoms with Crippen molar-refractivity contribution in [1.29, 1.82) is 0 Å². The second-order valence-electron chi connectivity index (χ2n) is 3.78. The zero-order valence-electron chi connectivity index (χ0n) is 9.58. The lowest BCUT2D eigenvalue weighted by Gasteiger charge is -2.00. The van der Waals surface area contributed by atoms with E-state index in [9.17, 15) is 9.90 Å². The van der Waals surface area contributed by atoms with Crippen LogP contribution >= 0.6 is 22.7 Å². The zero-order chi connectivity index (χ0) is 12.7. The number of aromatic nitrogens is 2. The van der Waals surface area contributed by atoms with Crippen molar-refractivity contribution in [2.24, 2.45) is 0 Å². The Morgan fingerprint density at radius 3 is 2.94 bits per heavy atom. The molecule has 92 valence electrons. The Hall–Kier alpha value is -1.66. The Morgan fingerprint density at radius 1 is 1.50 bits per heavy atom. The summed E-state index contributed by atoms with van der Waals surface area (Å²) in [5.41, 5.74) is 1.85. The van der Waals surface area contributed by atoms with Gasteiger partial charge in [0.2, 0.25) is 0 Å². The van der Waals surface area contributed by atoms with Crippen molar-refractivity contribution in [3.05, 3.63) is 34.3 Å². The van der Waals surface area contributed by atoms with Gasteiger partial charge in [0.25, 0.3) is 0 Å². The summed E-state index contributed by atoms with van der Waals surface area (Å²) >= 11 is 3.07. The van der Waals surface area contributed by atoms with Crippen molar-refractivity contribution in [2.75, 3.05) is 0 Å². The number of aryl methyl sites for hydroxylation is 1. The van der Waals surface area contributed by atoms with E-state index in [0.29, 0.717) is 12.1 Å². The van der Waals surface area contributed by atoms with Crippen molar-refractivity contribution in [3.63, 3.8) is 0 Å². The SMILES string of the molecule is CCc1nc2scc(-c3cccs3)n2c1C(=O)O. The molecule has 4 nitrogen and oxygen atoms in total. The Balaban J connectivity index is 2.35. The van der Waals surface area contributed by atoms with Gasteiger partial charge in [0.15, 0.2) is 10.7 Å². The van der Waals surface area contributed by atoms with Crippen LogP contribution in [0.15, 0.2) is 22.9 Å². The molecule has 3 aromatic heterocycles. The third kappa shape index (κ3) is 1.57. The summed E-state index contributed by atoms with van der Waals surface area (Å²) in [4.78, 5) is 17.6. The van der Waals surface area contributed by atoms with Crippen molar-refractivity contribution in [3.8, 4) is 10.6 Å². The molecule has 0 unspecified atom stereocenters. The Morgan fingerprint density at radius 2 is 2.33 bits per heavy atom. The molecule has 0 saturated carbocycles. The van der Waals surface area contributed by atoms with E-state index in [2.05, 4.69) is 4.98 Å². The molecule has 0 fully saturated rings. The normalized spacial score (nSPS) is 11.2. The van der Waals surface area contributed by atoms with Crippen LogP contribution in [-0.2, 0) is 6.42 Å². The largest absolute Gasteiger partial charge is 0.477 e. The molecule has 6 heteroatoms. The van der Waals surface area contributed by atoms with Crippen LogP contribution in [0.25, 0.3) is 15.5 Å². The number of nitrogens with zero attached hydrogens (tertiary/aromatic N) is 2. The monoisotopic (exact) mass is 278 g/mol. The van der Waals surface area contributed by atoms with Crippen LogP contribution in [0.4, 0.5) is 0 Å². The van der Waals surface area contributed by atoms with Crippen LogP contribution in [0.2, 0.25) is 0 Å². The van der Waals surface area contributed by atoms with E-state index in [1.165, 1.54) is 11.3 Å². The molecule has 3 rings (SSSR count). The topological polar surface area (TPSA) is 54.6 Å². The molecule has 1 N–H and O–H groups in total. The van der Waals surface area contributed by atoms with E-state index in [-0.39, 0.29) is 5.69 Å². The Labute approximate surface area is 111 Å². The van der Waals surface area contributed by atoms with Gasteiger partial charge in [-0.2, -0.15) is 0 Å². The highest BCUT2D eigenvalue weighted by molar-refractivity contribution is 7.17. The minimum Gasteiger partial charge on any atom is -0.477 e. The first-order valence-corrected chi connectivity index (χ1v) is 7.24. The summed E-state index contributed by atoms with van der Waals surface area (Å²) in [6.07, 6.45) is 0.625. The second-order valence-corrected chi connectivity index (χ2v) is 5.57. The minimum atomic E-state index is -0.921. The lowest BCUT2D eigenvalue weighted by molar-refractivity contribution is 0.0688. The van der Waals surface area contributed by atoms with E-state index >= 15 is 0 Å². The Kier molecular flexibility index (Phi) is 2.68. The van der Waals surface area contributed by atoms with E-state index in [1.54, 1.807) is 15.7 Å². The molecular weight excluding hydrogens is 268 g/mol. The van der Waals surface area contributed by atoms with Gasteiger partial charge in [0.05, 0.1) is 16.3 Å². The summed E-state index contributed by atoms with van der Waals surface area (Å²) in [5.74, 6) is -0.921. The molecule has 3 aromatic rings. The minimum absolute atomic E-state index is 0.289. The average Bonchev–Trinajstić information content (AvgIpc) is 3.02. The van der Waals surface area contributed by atoms with Gasteiger partial charge < -0.3 is 5.11 Å². The molecule has 18 heavy (non-hydrogen) atoms. The molecule has 3 heterocycles. The molecule has 0 aliphatic rings. The van der Waals surface area contributed by atoms with Gasteiger partial charge in [-0.3, -0.25) is 4.40 Å². The molecule has 0 amide bonds. The number of imidazole rings is 1. The van der Waals surface area contributed by atoms with Gasteiger partial charge in [-0.25, -0.2) is 9.78 Å². The highest BCUT2D eigenvalue weighted by Crippen LogP contribution is 2.31. The van der Waals surface area contributed by atoms with Crippen LogP contribution in [0.3, 0.4) is 0 Å². The molecule has 0 aliphatic carbocycles. The number of hydrogen-bond acceptors (Lipinski definition) is 4. The lowest BCUT2D eigenvalue weighted by Crippen LogP contribution is -2.05. The fourth-order valence-corrected chi connectivity index (χ4v) is 3.68. The fraction of sp³-hybridized carbons (Fsp3) is 0.167. The van der Waals surface area contributed by atoms with Crippen LogP contribution in [0.1, 0.15) is 23.1 Å². The van der Waals surface area contributed by atoms with Crippen molar-refractivity contribution in [1.82, 2.24) is 9.38 Å². The maximum Gasteiger partial charge on any atom is 0.354 e. The number of hydrogen-bond donors (Lipinski definition) is 1. The summed E-state index contributed by atoms with van der Waals surface area (Å²) in [6.45, 7) is 1.92. The fourth-order valence-electron chi connectivity index (χ4n) is 1.97. The first-order valence-electron chi connectivity index (χ1n) is 5.48. The summed E-state index contributed by atoms with van der Waals surface area (Å²) in [6, 6.07) is 3.95. The number of thiazole rings is 1. The number of thiophene rings is 1. The van der Waals surface area contributed by atoms with Crippen LogP contribution in [0, 0.1) is 0 Å². The zero-order valence-corrected chi connectivity index (χ0v) is 11.2. The second kappa shape index (κ2) is 4.22. The lowest BCUT2D eigenvalue weighted by atomic mass is 10.2. The van der Waals surface area contributed by atoms with E-state index in [4.69, 9.17) is 0 Å². The maximum absolute atomic E-state index is 11.4. The standard InChI is InChI=1S/C12H10N2O2S2/c1-2-7-10(11(15)16)14-8(6-18-12(14)13-7)9-4-3-5-17-9/h3-6H,2H2,1H3,(H,15,16). The number of carboxylic acids is 1. The molecule has 0 aliphatic heterocycles. The highest BCUT2D eigenvalue weighted by atomic mass is 32.1. The number of rotatable bonds is 3. The molecule has 0 spiro atoms. The number of aromatic carboxylic acids is 1. The van der Waals surface area contributed by atoms with Crippen LogP contribution < -0.4 is 0 Å². The summed E-state index contributed by atoms with van der Waals surface area (Å²) < 4.78 is 1.75. The van der Waals surface area contributed by atoms with E-state index in [0.717, 1.165) is 15.5 Å². The van der Waals surface area contributed by atoms with Crippen molar-refractivity contribution in [2.45, 2.75) is 13.3 Å². The van der Waals surface area contributed by atoms with Gasteiger partial charge >= 0.3 is 5.97 Å². The summed E-state index contributed by atoms with van der Waals surface area (Å²) in [5, 5.41) is 13.3. The van der Waals surface area contributed by atoms with Crippen LogP contribution in [0.5, 0.6) is 0 Å². The summed E-state index contributed by atoms with van der Waals surface area (Å²) in [7, 11) is 0. The van der Waals surface area contributed by atoms with E-state index in [1.807, 2.05) is 29.8 Å². The maximum atomic E-state index is 11.4. The smallest absolute Gasteiger partial charge is 0.354 e. The number of carbonyl (C=O) groups is 1. The quantitative estimate of drug-likeness (QED) is 0.799. The van der Waals surface area contributed by atoms with Gasteiger partial charge in [-0.1, -0.05) is 13.0 Å². The molecule has 0 radical (unpaired) electrons. The molecular formula is C12H10N2O2S2. The first-order chi connectivity index (χ1) is 8.72. The average molecular weight is 278 g/mol. The van der Waals surface area contributed by atoms with Gasteiger partial charge in [-0.05, 0) is 17.9 Å². The molecule has 0 atom stereocenters. The predicted molar refractivity (Wildman–Crippen MR) is 72.7 cm³/mol.